The largest absolute Gasteiger partial charge is 2.00 e. The minimum atomic E-state index is -1.12. The molecule has 1 heterocycles. The maximum atomic E-state index is 10.1. The third kappa shape index (κ3) is 20.9. The molecule has 0 amide bonds. The molecular formula is C17H26CoN6O6. The van der Waals surface area contributed by atoms with E-state index < -0.39 is 5.97 Å². The van der Waals surface area contributed by atoms with Crippen LogP contribution in [0.2, 0.25) is 0 Å². The van der Waals surface area contributed by atoms with Crippen LogP contribution in [0.15, 0.2) is 44.5 Å². The van der Waals surface area contributed by atoms with Gasteiger partial charge < -0.3 is 43.0 Å². The Bertz CT molecular complexity index is 644. The summed E-state index contributed by atoms with van der Waals surface area (Å²) in [6.07, 6.45) is 5.00. The van der Waals surface area contributed by atoms with Gasteiger partial charge in [0.15, 0.2) is 0 Å². The maximum Gasteiger partial charge on any atom is 2.00 e. The monoisotopic (exact) mass is 469 g/mol. The van der Waals surface area contributed by atoms with Crippen LogP contribution < -0.4 is 10.4 Å². The molecule has 0 bridgehead atoms. The van der Waals surface area contributed by atoms with Gasteiger partial charge >= 0.3 is 16.8 Å². The first kappa shape index (κ1) is 34.2. The number of carboxylic acid groups (broad SMARTS) is 1. The standard InChI is InChI=1S/C6H7NO2.2C4H8N2O2.C3H4N.Co/c8-6(9)5-1-3-7-4-2-5;2*1-3(5-7)4(2)6-8;1-2-3-4;/h1-3,7H,4H2,(H,8,9);2*7-8H,1-2H3;1-2H2;/q;;;-1;+2/p-1/b;2*5-3+,6-4+;;. The fraction of sp³-hybridized carbons (Fsp3) is 0.353. The van der Waals surface area contributed by atoms with E-state index in [9.17, 15) is 9.90 Å². The number of nitrogens with zero attached hydrogens (tertiary/aromatic N) is 5. The van der Waals surface area contributed by atoms with E-state index in [1.54, 1.807) is 12.3 Å². The third-order valence-electron chi connectivity index (χ3n) is 2.82. The maximum absolute atomic E-state index is 10.1. The Morgan fingerprint density at radius 3 is 1.53 bits per heavy atom. The fourth-order valence-corrected chi connectivity index (χ4v) is 0.894. The molecule has 1 rings (SSSR count). The summed E-state index contributed by atoms with van der Waals surface area (Å²) in [7, 11) is 0. The molecule has 0 aromatic carbocycles. The van der Waals surface area contributed by atoms with Gasteiger partial charge in [0, 0.05) is 12.6 Å². The number of nitrogens with one attached hydrogen (secondary N) is 1. The van der Waals surface area contributed by atoms with E-state index in [-0.39, 0.29) is 22.4 Å². The van der Waals surface area contributed by atoms with Gasteiger partial charge in [-0.1, -0.05) is 33.1 Å². The molecule has 0 saturated carbocycles. The van der Waals surface area contributed by atoms with E-state index in [0.717, 1.165) is 0 Å². The third-order valence-corrected chi connectivity index (χ3v) is 2.82. The minimum Gasteiger partial charge on any atom is -0.545 e. The molecule has 0 atom stereocenters. The van der Waals surface area contributed by atoms with Gasteiger partial charge in [-0.25, -0.2) is 5.26 Å². The molecule has 0 fully saturated rings. The van der Waals surface area contributed by atoms with Crippen LogP contribution >= 0.6 is 0 Å². The van der Waals surface area contributed by atoms with Crippen molar-refractivity contribution in [3.63, 3.8) is 0 Å². The number of dihydropyridines is 1. The number of nitriles is 1. The van der Waals surface area contributed by atoms with Crippen molar-refractivity contribution < 1.29 is 47.5 Å². The van der Waals surface area contributed by atoms with Crippen LogP contribution in [0.25, 0.3) is 0 Å². The van der Waals surface area contributed by atoms with E-state index in [0.29, 0.717) is 35.8 Å². The van der Waals surface area contributed by atoms with Gasteiger partial charge in [-0.3, -0.25) is 0 Å². The zero-order valence-electron chi connectivity index (χ0n) is 17.0. The average Bonchev–Trinajstić information content (AvgIpc) is 2.78. The Kier molecular flexibility index (Phi) is 26.9. The second kappa shape index (κ2) is 23.7. The second-order valence-electron chi connectivity index (χ2n) is 4.84. The predicted molar refractivity (Wildman–Crippen MR) is 105 cm³/mol. The van der Waals surface area contributed by atoms with Crippen LogP contribution in [0.3, 0.4) is 0 Å². The minimum absolute atomic E-state index is 0. The molecule has 12 nitrogen and oxygen atoms in total. The van der Waals surface area contributed by atoms with Crippen LogP contribution in [0.5, 0.6) is 0 Å². The number of aliphatic carboxylic acids is 1. The summed E-state index contributed by atoms with van der Waals surface area (Å²) >= 11 is 0. The number of hydrogen-bond donors (Lipinski definition) is 5. The number of carboxylic acids is 1. The predicted octanol–water partition coefficient (Wildman–Crippen LogP) is 0.884. The van der Waals surface area contributed by atoms with Crippen molar-refractivity contribution in [3.8, 4) is 6.07 Å². The SMILES string of the molecule is CC(=N\O)/C(C)=N/O.CC(=N\O)/C(C)=N/O.O=C([O-])C1=CCNC=C1.[CH2-]CC#N.[Co+2]. The Morgan fingerprint density at radius 2 is 1.40 bits per heavy atom. The van der Waals surface area contributed by atoms with Gasteiger partial charge in [-0.15, -0.1) is 0 Å². The van der Waals surface area contributed by atoms with E-state index in [1.807, 2.05) is 6.07 Å². The Hall–Kier alpha value is -3.37. The average molecular weight is 469 g/mol. The van der Waals surface area contributed by atoms with E-state index in [1.165, 1.54) is 33.8 Å². The van der Waals surface area contributed by atoms with Crippen molar-refractivity contribution in [1.29, 1.82) is 5.26 Å². The fourth-order valence-electron chi connectivity index (χ4n) is 0.894. The van der Waals surface area contributed by atoms with Gasteiger partial charge in [-0.2, -0.15) is 0 Å². The van der Waals surface area contributed by atoms with Crippen LogP contribution in [0, 0.1) is 18.3 Å². The van der Waals surface area contributed by atoms with Crippen molar-refractivity contribution >= 4 is 28.8 Å². The van der Waals surface area contributed by atoms with Crippen LogP contribution in [-0.2, 0) is 21.6 Å². The molecule has 0 unspecified atom stereocenters. The quantitative estimate of drug-likeness (QED) is 0.173. The molecule has 0 spiro atoms. The molecule has 1 aliphatic rings. The molecule has 1 radical (unpaired) electrons. The van der Waals surface area contributed by atoms with E-state index in [2.05, 4.69) is 32.9 Å². The van der Waals surface area contributed by atoms with Crippen LogP contribution in [-0.4, -0.2) is 56.2 Å². The molecule has 5 N–H and O–H groups in total. The van der Waals surface area contributed by atoms with Gasteiger partial charge in [-0.05, 0) is 45.5 Å². The van der Waals surface area contributed by atoms with Crippen molar-refractivity contribution in [3.05, 3.63) is 30.8 Å². The smallest absolute Gasteiger partial charge is 0.545 e. The summed E-state index contributed by atoms with van der Waals surface area (Å²) in [4.78, 5) is 10.1. The first-order valence-corrected chi connectivity index (χ1v) is 7.89. The molecule has 0 saturated heterocycles. The van der Waals surface area contributed by atoms with Gasteiger partial charge in [0.05, 0.1) is 5.97 Å². The molecule has 1 aliphatic heterocycles. The topological polar surface area (TPSA) is 206 Å². The number of rotatable bonds is 3. The van der Waals surface area contributed by atoms with Crippen molar-refractivity contribution in [2.45, 2.75) is 34.1 Å². The van der Waals surface area contributed by atoms with E-state index >= 15 is 0 Å². The normalized spacial score (nSPS) is 13.1. The Labute approximate surface area is 185 Å². The Balaban J connectivity index is -0.000000153. The van der Waals surface area contributed by atoms with Crippen LogP contribution in [0.1, 0.15) is 34.1 Å². The molecule has 13 heteroatoms. The summed E-state index contributed by atoms with van der Waals surface area (Å²) < 4.78 is 0. The first-order valence-electron chi connectivity index (χ1n) is 7.89. The first-order chi connectivity index (χ1) is 13.7. The van der Waals surface area contributed by atoms with Crippen molar-refractivity contribution in [1.82, 2.24) is 5.32 Å². The molecule has 0 aliphatic carbocycles. The van der Waals surface area contributed by atoms with Gasteiger partial charge in [0.25, 0.3) is 0 Å². The summed E-state index contributed by atoms with van der Waals surface area (Å²) in [5.41, 5.74) is 1.49. The van der Waals surface area contributed by atoms with E-state index in [4.69, 9.17) is 26.1 Å². The molecule has 169 valence electrons. The zero-order chi connectivity index (χ0) is 23.2. The summed E-state index contributed by atoms with van der Waals surface area (Å²) in [5, 5.41) is 63.7. The summed E-state index contributed by atoms with van der Waals surface area (Å²) in [6.45, 7) is 9.96. The number of carbonyl (C=O) groups is 1. The number of carbonyl (C=O) groups excluding carboxylic acids is 1. The van der Waals surface area contributed by atoms with Gasteiger partial charge in [0.1, 0.15) is 22.8 Å². The molecular weight excluding hydrogens is 443 g/mol. The Morgan fingerprint density at radius 1 is 1.07 bits per heavy atom. The van der Waals surface area contributed by atoms with Crippen molar-refractivity contribution in [2.75, 3.05) is 6.54 Å². The van der Waals surface area contributed by atoms with Crippen molar-refractivity contribution in [2.24, 2.45) is 20.6 Å². The summed E-state index contributed by atoms with van der Waals surface area (Å²) in [6, 6.07) is 1.82. The molecule has 0 aromatic rings. The van der Waals surface area contributed by atoms with Gasteiger partial charge in [0.2, 0.25) is 0 Å². The number of hydrogen-bond acceptors (Lipinski definition) is 12. The van der Waals surface area contributed by atoms with Crippen LogP contribution in [0.4, 0.5) is 0 Å². The molecule has 30 heavy (non-hydrogen) atoms. The number of oxime groups is 4. The zero-order valence-corrected chi connectivity index (χ0v) is 18.1. The summed E-state index contributed by atoms with van der Waals surface area (Å²) in [5.74, 6) is -1.12. The molecule has 0 aromatic heterocycles. The second-order valence-corrected chi connectivity index (χ2v) is 4.84.